The Bertz CT molecular complexity index is 761. The molecular weight excluding hydrogens is 300 g/mol. The lowest BCUT2D eigenvalue weighted by Crippen LogP contribution is -2.13. The van der Waals surface area contributed by atoms with E-state index < -0.39 is 0 Å². The number of thiophene rings is 1. The lowest BCUT2D eigenvalue weighted by molar-refractivity contribution is 0.102. The number of hydrogen-bond acceptors (Lipinski definition) is 5. The van der Waals surface area contributed by atoms with Crippen LogP contribution in [-0.2, 0) is 0 Å². The zero-order chi connectivity index (χ0) is 14.1. The van der Waals surface area contributed by atoms with Crippen LogP contribution in [0.3, 0.4) is 0 Å². The minimum atomic E-state index is -0.362. The average molecular weight is 309 g/mol. The Morgan fingerprint density at radius 3 is 3.00 bits per heavy atom. The van der Waals surface area contributed by atoms with Crippen LogP contribution in [0.1, 0.15) is 16.2 Å². The Morgan fingerprint density at radius 1 is 1.50 bits per heavy atom. The number of aromatic amines is 1. The Morgan fingerprint density at radius 2 is 2.35 bits per heavy atom. The molecule has 8 heteroatoms. The first-order valence-corrected chi connectivity index (χ1v) is 6.85. The van der Waals surface area contributed by atoms with E-state index in [1.54, 1.807) is 19.1 Å². The molecule has 0 saturated carbocycles. The summed E-state index contributed by atoms with van der Waals surface area (Å²) in [6.45, 7) is 1.67. The fraction of sp³-hybridized carbons (Fsp3) is 0.0833. The molecule has 0 bridgehead atoms. The number of rotatable bonds is 3. The normalized spacial score (nSPS) is 10.7. The van der Waals surface area contributed by atoms with Crippen LogP contribution in [0.15, 0.2) is 29.0 Å². The molecule has 0 unspecified atom stereocenters. The summed E-state index contributed by atoms with van der Waals surface area (Å²) in [5.41, 5.74) is 1.03. The number of oxazole rings is 1. The van der Waals surface area contributed by atoms with Gasteiger partial charge in [-0.3, -0.25) is 9.89 Å². The number of aryl methyl sites for hydroxylation is 1. The van der Waals surface area contributed by atoms with Crippen molar-refractivity contribution >= 4 is 34.7 Å². The van der Waals surface area contributed by atoms with Crippen LogP contribution < -0.4 is 5.32 Å². The second kappa shape index (κ2) is 5.10. The first-order chi connectivity index (χ1) is 9.63. The van der Waals surface area contributed by atoms with Gasteiger partial charge in [0.1, 0.15) is 5.76 Å². The third-order valence-electron chi connectivity index (χ3n) is 2.62. The first kappa shape index (κ1) is 12.9. The van der Waals surface area contributed by atoms with Crippen LogP contribution in [0.5, 0.6) is 0 Å². The van der Waals surface area contributed by atoms with Crippen LogP contribution >= 0.6 is 22.9 Å². The van der Waals surface area contributed by atoms with Gasteiger partial charge in [0.05, 0.1) is 14.9 Å². The van der Waals surface area contributed by atoms with Gasteiger partial charge in [0, 0.05) is 6.07 Å². The molecule has 20 heavy (non-hydrogen) atoms. The van der Waals surface area contributed by atoms with E-state index in [2.05, 4.69) is 20.5 Å². The molecule has 3 aromatic heterocycles. The quantitative estimate of drug-likeness (QED) is 0.777. The predicted molar refractivity (Wildman–Crippen MR) is 76.1 cm³/mol. The van der Waals surface area contributed by atoms with E-state index in [4.69, 9.17) is 16.0 Å². The maximum atomic E-state index is 11.9. The smallest absolute Gasteiger partial charge is 0.279 e. The van der Waals surface area contributed by atoms with Crippen molar-refractivity contribution < 1.29 is 9.21 Å². The van der Waals surface area contributed by atoms with Crippen molar-refractivity contribution in [1.82, 2.24) is 15.2 Å². The van der Waals surface area contributed by atoms with Gasteiger partial charge in [0.25, 0.3) is 5.91 Å². The van der Waals surface area contributed by atoms with E-state index in [0.29, 0.717) is 15.9 Å². The largest absolute Gasteiger partial charge is 0.448 e. The Balaban J connectivity index is 1.78. The SMILES string of the molecule is Cc1ocnc1C(=O)Nc1cc(-c2ccc(Cl)s2)[nH]n1. The maximum absolute atomic E-state index is 11.9. The van der Waals surface area contributed by atoms with E-state index in [0.717, 1.165) is 10.6 Å². The zero-order valence-electron chi connectivity index (χ0n) is 10.3. The van der Waals surface area contributed by atoms with Gasteiger partial charge in [-0.15, -0.1) is 11.3 Å². The maximum Gasteiger partial charge on any atom is 0.279 e. The summed E-state index contributed by atoms with van der Waals surface area (Å²) < 4.78 is 5.68. The summed E-state index contributed by atoms with van der Waals surface area (Å²) in [5.74, 6) is 0.513. The fourth-order valence-electron chi connectivity index (χ4n) is 1.67. The monoisotopic (exact) mass is 308 g/mol. The van der Waals surface area contributed by atoms with Crippen molar-refractivity contribution in [3.63, 3.8) is 0 Å². The molecule has 0 aliphatic rings. The van der Waals surface area contributed by atoms with E-state index in [9.17, 15) is 4.79 Å². The highest BCUT2D eigenvalue weighted by Gasteiger charge is 2.15. The minimum Gasteiger partial charge on any atom is -0.448 e. The van der Waals surface area contributed by atoms with Gasteiger partial charge in [-0.2, -0.15) is 5.10 Å². The van der Waals surface area contributed by atoms with Gasteiger partial charge >= 0.3 is 0 Å². The minimum absolute atomic E-state index is 0.244. The Labute approximate surface area is 122 Å². The molecule has 0 aliphatic carbocycles. The third kappa shape index (κ3) is 2.45. The van der Waals surface area contributed by atoms with E-state index in [1.165, 1.54) is 17.7 Å². The second-order valence-corrected chi connectivity index (χ2v) is 5.70. The molecule has 3 rings (SSSR count). The van der Waals surface area contributed by atoms with Crippen molar-refractivity contribution in [2.75, 3.05) is 5.32 Å². The van der Waals surface area contributed by atoms with E-state index in [1.807, 2.05) is 6.07 Å². The van der Waals surface area contributed by atoms with Gasteiger partial charge in [-0.25, -0.2) is 4.98 Å². The summed E-state index contributed by atoms with van der Waals surface area (Å²) in [6.07, 6.45) is 1.23. The number of anilines is 1. The first-order valence-electron chi connectivity index (χ1n) is 5.66. The van der Waals surface area contributed by atoms with Crippen LogP contribution in [0.25, 0.3) is 10.6 Å². The Hall–Kier alpha value is -2.12. The van der Waals surface area contributed by atoms with Crippen LogP contribution in [-0.4, -0.2) is 21.1 Å². The van der Waals surface area contributed by atoms with Crippen LogP contribution in [0, 0.1) is 6.92 Å². The summed E-state index contributed by atoms with van der Waals surface area (Å²) in [7, 11) is 0. The predicted octanol–water partition coefficient (Wildman–Crippen LogP) is 3.34. The summed E-state index contributed by atoms with van der Waals surface area (Å²) in [4.78, 5) is 16.7. The molecule has 1 amide bonds. The molecule has 0 aromatic carbocycles. The number of H-pyrrole nitrogens is 1. The Kier molecular flexibility index (Phi) is 3.29. The number of aromatic nitrogens is 3. The van der Waals surface area contributed by atoms with Crippen LogP contribution in [0.4, 0.5) is 5.82 Å². The molecular formula is C12H9ClN4O2S. The van der Waals surface area contributed by atoms with Gasteiger partial charge in [0.2, 0.25) is 0 Å². The number of nitrogens with zero attached hydrogens (tertiary/aromatic N) is 2. The van der Waals surface area contributed by atoms with Crippen molar-refractivity contribution in [2.45, 2.75) is 6.92 Å². The molecule has 0 atom stereocenters. The molecule has 2 N–H and O–H groups in total. The standard InChI is InChI=1S/C12H9ClN4O2S/c1-6-11(14-5-19-6)12(18)15-10-4-7(16-17-10)8-2-3-9(13)20-8/h2-5H,1H3,(H2,15,16,17,18). The number of carbonyl (C=O) groups excluding carboxylic acids is 1. The molecule has 0 aliphatic heterocycles. The lowest BCUT2D eigenvalue weighted by Gasteiger charge is -1.97. The number of nitrogens with one attached hydrogen (secondary N) is 2. The summed E-state index contributed by atoms with van der Waals surface area (Å²) in [6, 6.07) is 5.42. The average Bonchev–Trinajstić information content (AvgIpc) is 3.10. The van der Waals surface area contributed by atoms with Crippen molar-refractivity contribution in [1.29, 1.82) is 0 Å². The highest BCUT2D eigenvalue weighted by Crippen LogP contribution is 2.30. The summed E-state index contributed by atoms with van der Waals surface area (Å²) in [5, 5.41) is 9.52. The van der Waals surface area contributed by atoms with Gasteiger partial charge in [0.15, 0.2) is 17.9 Å². The molecule has 3 aromatic rings. The number of hydrogen-bond donors (Lipinski definition) is 2. The molecule has 102 valence electrons. The zero-order valence-corrected chi connectivity index (χ0v) is 11.9. The lowest BCUT2D eigenvalue weighted by atomic mass is 10.3. The topological polar surface area (TPSA) is 83.8 Å². The summed E-state index contributed by atoms with van der Waals surface area (Å²) >= 11 is 7.31. The molecule has 6 nitrogen and oxygen atoms in total. The van der Waals surface area contributed by atoms with Gasteiger partial charge < -0.3 is 9.73 Å². The molecule has 0 saturated heterocycles. The number of carbonyl (C=O) groups is 1. The van der Waals surface area contributed by atoms with Crippen molar-refractivity contribution in [3.05, 3.63) is 40.4 Å². The van der Waals surface area contributed by atoms with Crippen LogP contribution in [0.2, 0.25) is 4.34 Å². The molecule has 0 spiro atoms. The highest BCUT2D eigenvalue weighted by molar-refractivity contribution is 7.19. The van der Waals surface area contributed by atoms with E-state index >= 15 is 0 Å². The van der Waals surface area contributed by atoms with Gasteiger partial charge in [-0.05, 0) is 19.1 Å². The van der Waals surface area contributed by atoms with Gasteiger partial charge in [-0.1, -0.05) is 11.6 Å². The second-order valence-electron chi connectivity index (χ2n) is 3.98. The molecule has 3 heterocycles. The third-order valence-corrected chi connectivity index (χ3v) is 3.88. The number of halogens is 1. The molecule has 0 fully saturated rings. The molecule has 0 radical (unpaired) electrons. The number of amides is 1. The highest BCUT2D eigenvalue weighted by atomic mass is 35.5. The van der Waals surface area contributed by atoms with Crippen molar-refractivity contribution in [2.24, 2.45) is 0 Å². The fourth-order valence-corrected chi connectivity index (χ4v) is 2.68. The van der Waals surface area contributed by atoms with E-state index in [-0.39, 0.29) is 11.6 Å². The van der Waals surface area contributed by atoms with Crippen molar-refractivity contribution in [3.8, 4) is 10.6 Å².